The van der Waals surface area contributed by atoms with Crippen LogP contribution >= 0.6 is 22.6 Å². The first-order valence-corrected chi connectivity index (χ1v) is 7.08. The fourth-order valence-electron chi connectivity index (χ4n) is 1.34. The summed E-state index contributed by atoms with van der Waals surface area (Å²) >= 11 is 2.33. The van der Waals surface area contributed by atoms with E-state index >= 15 is 0 Å². The zero-order chi connectivity index (χ0) is 12.9. The van der Waals surface area contributed by atoms with E-state index in [9.17, 15) is 4.79 Å². The zero-order valence-corrected chi connectivity index (χ0v) is 12.6. The predicted molar refractivity (Wildman–Crippen MR) is 78.9 cm³/mol. The molecule has 94 valence electrons. The van der Waals surface area contributed by atoms with E-state index in [0.29, 0.717) is 0 Å². The zero-order valence-electron chi connectivity index (χ0n) is 10.4. The molecule has 1 rings (SSSR count). The first kappa shape index (κ1) is 14.3. The molecule has 3 nitrogen and oxygen atoms in total. The van der Waals surface area contributed by atoms with Crippen molar-refractivity contribution in [3.63, 3.8) is 0 Å². The summed E-state index contributed by atoms with van der Waals surface area (Å²) in [5.41, 5.74) is 1.53. The third-order valence-corrected chi connectivity index (χ3v) is 2.49. The van der Waals surface area contributed by atoms with Gasteiger partial charge in [0.25, 0.3) is 0 Å². The van der Waals surface area contributed by atoms with Gasteiger partial charge in [0, 0.05) is 10.1 Å². The predicted octanol–water partition coefficient (Wildman–Crippen LogP) is 4.01. The number of nitrogens with one attached hydrogen (secondary N) is 1. The number of hydrogen-bond donors (Lipinski definition) is 1. The Morgan fingerprint density at radius 3 is 2.71 bits per heavy atom. The molecule has 0 saturated carbocycles. The van der Waals surface area contributed by atoms with Gasteiger partial charge in [0.1, 0.15) is 5.60 Å². The number of ether oxygens (including phenoxy) is 1. The number of amides is 1. The highest BCUT2D eigenvalue weighted by Gasteiger charge is 2.16. The number of alkyl halides is 1. The molecule has 1 amide bonds. The van der Waals surface area contributed by atoms with Crippen molar-refractivity contribution in [2.45, 2.75) is 32.8 Å². The molecule has 0 saturated heterocycles. The van der Waals surface area contributed by atoms with E-state index < -0.39 is 11.7 Å². The maximum atomic E-state index is 11.6. The Labute approximate surface area is 116 Å². The molecule has 0 radical (unpaired) electrons. The number of aryl methyl sites for hydroxylation is 1. The summed E-state index contributed by atoms with van der Waals surface area (Å²) in [6, 6.07) is 7.83. The van der Waals surface area contributed by atoms with Gasteiger partial charge < -0.3 is 4.74 Å². The van der Waals surface area contributed by atoms with Crippen molar-refractivity contribution in [2.75, 3.05) is 9.74 Å². The van der Waals surface area contributed by atoms with E-state index in [1.165, 1.54) is 5.56 Å². The normalized spacial score (nSPS) is 11.1. The number of carbonyl (C=O) groups is 1. The van der Waals surface area contributed by atoms with Crippen LogP contribution in [-0.4, -0.2) is 16.1 Å². The van der Waals surface area contributed by atoms with Gasteiger partial charge in [0.05, 0.1) is 0 Å². The second-order valence-electron chi connectivity index (χ2n) is 4.77. The van der Waals surface area contributed by atoms with Crippen molar-refractivity contribution >= 4 is 34.4 Å². The minimum atomic E-state index is -0.468. The van der Waals surface area contributed by atoms with Crippen molar-refractivity contribution in [3.8, 4) is 0 Å². The van der Waals surface area contributed by atoms with Gasteiger partial charge in [-0.2, -0.15) is 0 Å². The van der Waals surface area contributed by atoms with Gasteiger partial charge >= 0.3 is 6.09 Å². The molecule has 0 aliphatic rings. The number of benzene rings is 1. The molecule has 0 spiro atoms. The maximum absolute atomic E-state index is 11.6. The molecule has 1 aromatic carbocycles. The van der Waals surface area contributed by atoms with Crippen LogP contribution in [0.3, 0.4) is 0 Å². The molecule has 0 aromatic heterocycles. The highest BCUT2D eigenvalue weighted by atomic mass is 127. The lowest BCUT2D eigenvalue weighted by atomic mass is 10.1. The maximum Gasteiger partial charge on any atom is 0.412 e. The van der Waals surface area contributed by atoms with Crippen molar-refractivity contribution < 1.29 is 9.53 Å². The van der Waals surface area contributed by atoms with Crippen LogP contribution in [-0.2, 0) is 11.2 Å². The Balaban J connectivity index is 2.62. The summed E-state index contributed by atoms with van der Waals surface area (Å²) in [4.78, 5) is 11.6. The number of anilines is 1. The standard InChI is InChI=1S/C13H18INO2/c1-13(2,3)17-12(16)15-11-6-4-5-10(9-11)7-8-14/h4-6,9H,7-8H2,1-3H3,(H,15,16). The van der Waals surface area contributed by atoms with Crippen LogP contribution in [0, 0.1) is 0 Å². The summed E-state index contributed by atoms with van der Waals surface area (Å²) in [7, 11) is 0. The second-order valence-corrected chi connectivity index (χ2v) is 5.85. The highest BCUT2D eigenvalue weighted by molar-refractivity contribution is 14.1. The Morgan fingerprint density at radius 1 is 1.41 bits per heavy atom. The van der Waals surface area contributed by atoms with Crippen molar-refractivity contribution in [1.82, 2.24) is 0 Å². The Morgan fingerprint density at radius 2 is 2.12 bits per heavy atom. The third kappa shape index (κ3) is 5.91. The highest BCUT2D eigenvalue weighted by Crippen LogP contribution is 2.14. The molecule has 0 unspecified atom stereocenters. The molecule has 0 aliphatic carbocycles. The second kappa shape index (κ2) is 6.23. The van der Waals surface area contributed by atoms with Crippen LogP contribution in [0.15, 0.2) is 24.3 Å². The van der Waals surface area contributed by atoms with Crippen LogP contribution < -0.4 is 5.32 Å². The molecule has 17 heavy (non-hydrogen) atoms. The van der Waals surface area contributed by atoms with E-state index in [-0.39, 0.29) is 0 Å². The number of hydrogen-bond acceptors (Lipinski definition) is 2. The van der Waals surface area contributed by atoms with Crippen molar-refractivity contribution in [3.05, 3.63) is 29.8 Å². The molecule has 1 N–H and O–H groups in total. The van der Waals surface area contributed by atoms with Gasteiger partial charge in [-0.1, -0.05) is 34.7 Å². The van der Waals surface area contributed by atoms with Crippen LogP contribution in [0.5, 0.6) is 0 Å². The van der Waals surface area contributed by atoms with E-state index in [2.05, 4.69) is 34.0 Å². The quantitative estimate of drug-likeness (QED) is 0.663. The van der Waals surface area contributed by atoms with Crippen LogP contribution in [0.2, 0.25) is 0 Å². The molecule has 0 heterocycles. The molecule has 0 atom stereocenters. The monoisotopic (exact) mass is 347 g/mol. The average Bonchev–Trinajstić information content (AvgIpc) is 2.15. The van der Waals surface area contributed by atoms with Crippen LogP contribution in [0.25, 0.3) is 0 Å². The van der Waals surface area contributed by atoms with E-state index in [0.717, 1.165) is 16.5 Å². The average molecular weight is 347 g/mol. The van der Waals surface area contributed by atoms with Gasteiger partial charge in [-0.25, -0.2) is 4.79 Å². The fourth-order valence-corrected chi connectivity index (χ4v) is 1.96. The van der Waals surface area contributed by atoms with Crippen LogP contribution in [0.4, 0.5) is 10.5 Å². The Hall–Kier alpha value is -0.780. The van der Waals surface area contributed by atoms with Gasteiger partial charge in [-0.05, 0) is 44.9 Å². The molecule has 4 heteroatoms. The van der Waals surface area contributed by atoms with Crippen molar-refractivity contribution in [1.29, 1.82) is 0 Å². The SMILES string of the molecule is CC(C)(C)OC(=O)Nc1cccc(CCI)c1. The Bertz CT molecular complexity index is 385. The Kier molecular flexibility index (Phi) is 5.24. The largest absolute Gasteiger partial charge is 0.444 e. The van der Waals surface area contributed by atoms with Gasteiger partial charge in [0.2, 0.25) is 0 Å². The van der Waals surface area contributed by atoms with Gasteiger partial charge in [0.15, 0.2) is 0 Å². The first-order chi connectivity index (χ1) is 7.90. The van der Waals surface area contributed by atoms with E-state index in [1.54, 1.807) is 0 Å². The number of rotatable bonds is 3. The lowest BCUT2D eigenvalue weighted by Gasteiger charge is -2.19. The minimum Gasteiger partial charge on any atom is -0.444 e. The fraction of sp³-hybridized carbons (Fsp3) is 0.462. The minimum absolute atomic E-state index is 0.413. The van der Waals surface area contributed by atoms with Crippen molar-refractivity contribution in [2.24, 2.45) is 0 Å². The molecule has 0 fully saturated rings. The number of carbonyl (C=O) groups excluding carboxylic acids is 1. The summed E-state index contributed by atoms with van der Waals surface area (Å²) in [6.45, 7) is 5.54. The first-order valence-electron chi connectivity index (χ1n) is 5.55. The van der Waals surface area contributed by atoms with Crippen LogP contribution in [0.1, 0.15) is 26.3 Å². The molecule has 0 aliphatic heterocycles. The van der Waals surface area contributed by atoms with Gasteiger partial charge in [-0.3, -0.25) is 5.32 Å². The topological polar surface area (TPSA) is 38.3 Å². The van der Waals surface area contributed by atoms with Gasteiger partial charge in [-0.15, -0.1) is 0 Å². The smallest absolute Gasteiger partial charge is 0.412 e. The molecule has 0 bridgehead atoms. The lowest BCUT2D eigenvalue weighted by molar-refractivity contribution is 0.0636. The van der Waals surface area contributed by atoms with E-state index in [1.807, 2.05) is 39.0 Å². The third-order valence-electron chi connectivity index (χ3n) is 1.96. The van der Waals surface area contributed by atoms with E-state index in [4.69, 9.17) is 4.74 Å². The molecular weight excluding hydrogens is 329 g/mol. The molecular formula is C13H18INO2. The summed E-state index contributed by atoms with van der Waals surface area (Å²) < 4.78 is 6.25. The number of halogens is 1. The summed E-state index contributed by atoms with van der Waals surface area (Å²) in [6.07, 6.45) is 0.592. The summed E-state index contributed by atoms with van der Waals surface area (Å²) in [5.74, 6) is 0. The summed E-state index contributed by atoms with van der Waals surface area (Å²) in [5, 5.41) is 2.73. The lowest BCUT2D eigenvalue weighted by Crippen LogP contribution is -2.27. The molecule has 1 aromatic rings.